The van der Waals surface area contributed by atoms with Gasteiger partial charge in [-0.2, -0.15) is 0 Å². The lowest BCUT2D eigenvalue weighted by Crippen LogP contribution is -2.16. The third-order valence-corrected chi connectivity index (χ3v) is 4.31. The zero-order valence-corrected chi connectivity index (χ0v) is 12.6. The predicted octanol–water partition coefficient (Wildman–Crippen LogP) is 2.31. The van der Waals surface area contributed by atoms with E-state index in [-0.39, 0.29) is 11.8 Å². The van der Waals surface area contributed by atoms with Gasteiger partial charge < -0.3 is 14.3 Å². The van der Waals surface area contributed by atoms with E-state index < -0.39 is 9.84 Å². The number of hydrogen-bond donors (Lipinski definition) is 1. The molecule has 0 amide bonds. The highest BCUT2D eigenvalue weighted by molar-refractivity contribution is 7.90. The van der Waals surface area contributed by atoms with Crippen LogP contribution >= 0.6 is 12.2 Å². The molecule has 5 nitrogen and oxygen atoms in total. The zero-order chi connectivity index (χ0) is 14.2. The molecule has 1 aromatic carbocycles. The number of methoxy groups -OCH3 is 1. The first-order valence-corrected chi connectivity index (χ1v) is 8.25. The second-order valence-corrected chi connectivity index (χ2v) is 7.17. The second-order valence-electron chi connectivity index (χ2n) is 4.60. The molecule has 0 aliphatic rings. The summed E-state index contributed by atoms with van der Waals surface area (Å²) in [4.78, 5) is 3.07. The van der Waals surface area contributed by atoms with Crippen LogP contribution in [0.4, 0.5) is 0 Å². The largest absolute Gasteiger partial charge is 0.494 e. The van der Waals surface area contributed by atoms with E-state index in [1.54, 1.807) is 7.11 Å². The molecule has 0 bridgehead atoms. The number of nitrogens with zero attached hydrogens (tertiary/aromatic N) is 1. The van der Waals surface area contributed by atoms with Gasteiger partial charge in [0.15, 0.2) is 4.77 Å². The molecule has 1 N–H and O–H groups in total. The van der Waals surface area contributed by atoms with E-state index in [1.165, 1.54) is 6.26 Å². The molecular formula is C12H16N2O3S2. The minimum Gasteiger partial charge on any atom is -0.494 e. The maximum atomic E-state index is 11.4. The maximum Gasteiger partial charge on any atom is 0.178 e. The Morgan fingerprint density at radius 1 is 1.47 bits per heavy atom. The van der Waals surface area contributed by atoms with Gasteiger partial charge in [0.1, 0.15) is 21.1 Å². The SMILES string of the molecule is COc1cccc2c1[nH]c(=S)n2C(C)CS(C)(=O)=O. The lowest BCUT2D eigenvalue weighted by Gasteiger charge is -2.13. The van der Waals surface area contributed by atoms with Crippen LogP contribution in [-0.4, -0.2) is 37.1 Å². The Kier molecular flexibility index (Phi) is 3.69. The van der Waals surface area contributed by atoms with E-state index in [0.29, 0.717) is 10.5 Å². The fourth-order valence-corrected chi connectivity index (χ4v) is 3.65. The van der Waals surface area contributed by atoms with E-state index in [2.05, 4.69) is 4.98 Å². The number of H-pyrrole nitrogens is 1. The molecule has 0 aliphatic carbocycles. The summed E-state index contributed by atoms with van der Waals surface area (Å²) < 4.78 is 30.4. The number of sulfone groups is 1. The van der Waals surface area contributed by atoms with E-state index >= 15 is 0 Å². The molecule has 1 aromatic heterocycles. The summed E-state index contributed by atoms with van der Waals surface area (Å²) in [7, 11) is -1.48. The number of fused-ring (bicyclic) bond motifs is 1. The highest BCUT2D eigenvalue weighted by Gasteiger charge is 2.17. The topological polar surface area (TPSA) is 64.1 Å². The molecule has 19 heavy (non-hydrogen) atoms. The summed E-state index contributed by atoms with van der Waals surface area (Å²) in [5, 5.41) is 0. The average Bonchev–Trinajstić information content (AvgIpc) is 2.62. The van der Waals surface area contributed by atoms with Crippen LogP contribution in [-0.2, 0) is 9.84 Å². The second kappa shape index (κ2) is 4.97. The third kappa shape index (κ3) is 2.82. The summed E-state index contributed by atoms with van der Waals surface area (Å²) in [6.07, 6.45) is 1.22. The van der Waals surface area contributed by atoms with Crippen molar-refractivity contribution in [1.29, 1.82) is 0 Å². The van der Waals surface area contributed by atoms with E-state index in [9.17, 15) is 8.42 Å². The van der Waals surface area contributed by atoms with E-state index in [1.807, 2.05) is 29.7 Å². The van der Waals surface area contributed by atoms with Crippen molar-refractivity contribution >= 4 is 33.1 Å². The first kappa shape index (κ1) is 14.1. The summed E-state index contributed by atoms with van der Waals surface area (Å²) in [6.45, 7) is 1.84. The molecule has 104 valence electrons. The van der Waals surface area contributed by atoms with Crippen LogP contribution in [0.1, 0.15) is 13.0 Å². The van der Waals surface area contributed by atoms with Crippen LogP contribution in [0.5, 0.6) is 5.75 Å². The van der Waals surface area contributed by atoms with Crippen LogP contribution < -0.4 is 4.74 Å². The molecule has 0 fully saturated rings. The molecule has 2 rings (SSSR count). The Hall–Kier alpha value is -1.34. The fraction of sp³-hybridized carbons (Fsp3) is 0.417. The van der Waals surface area contributed by atoms with Crippen LogP contribution in [0, 0.1) is 4.77 Å². The minimum atomic E-state index is -3.06. The summed E-state index contributed by atoms with van der Waals surface area (Å²) in [5.74, 6) is 0.736. The molecule has 0 saturated carbocycles. The van der Waals surface area contributed by atoms with Crippen molar-refractivity contribution in [3.05, 3.63) is 23.0 Å². The smallest absolute Gasteiger partial charge is 0.178 e. The Morgan fingerprint density at radius 2 is 2.16 bits per heavy atom. The van der Waals surface area contributed by atoms with Gasteiger partial charge in [-0.05, 0) is 31.3 Å². The number of para-hydroxylation sites is 1. The number of aromatic nitrogens is 2. The summed E-state index contributed by atoms with van der Waals surface area (Å²) in [6, 6.07) is 5.35. The summed E-state index contributed by atoms with van der Waals surface area (Å²) >= 11 is 5.28. The average molecular weight is 300 g/mol. The number of benzene rings is 1. The molecule has 7 heteroatoms. The summed E-state index contributed by atoms with van der Waals surface area (Å²) in [5.41, 5.74) is 1.64. The van der Waals surface area contributed by atoms with Gasteiger partial charge in [0, 0.05) is 12.3 Å². The van der Waals surface area contributed by atoms with Crippen molar-refractivity contribution < 1.29 is 13.2 Å². The van der Waals surface area contributed by atoms with E-state index in [4.69, 9.17) is 17.0 Å². The number of hydrogen-bond acceptors (Lipinski definition) is 4. The van der Waals surface area contributed by atoms with Gasteiger partial charge in [0.05, 0.1) is 18.4 Å². The highest BCUT2D eigenvalue weighted by atomic mass is 32.2. The van der Waals surface area contributed by atoms with Crippen molar-refractivity contribution in [2.24, 2.45) is 0 Å². The normalized spacial score (nSPS) is 13.6. The first-order chi connectivity index (χ1) is 8.83. The van der Waals surface area contributed by atoms with Crippen LogP contribution in [0.2, 0.25) is 0 Å². The molecule has 2 aromatic rings. The molecule has 1 heterocycles. The highest BCUT2D eigenvalue weighted by Crippen LogP contribution is 2.27. The Morgan fingerprint density at radius 3 is 2.74 bits per heavy atom. The standard InChI is InChI=1S/C12H16N2O3S2/c1-8(7-19(3,15)16)14-9-5-4-6-10(17-2)11(9)13-12(14)18/h4-6,8H,7H2,1-3H3,(H,13,18). The molecule has 0 saturated heterocycles. The molecular weight excluding hydrogens is 284 g/mol. The van der Waals surface area contributed by atoms with Crippen molar-refractivity contribution in [2.45, 2.75) is 13.0 Å². The van der Waals surface area contributed by atoms with Gasteiger partial charge in [0.25, 0.3) is 0 Å². The van der Waals surface area contributed by atoms with Crippen molar-refractivity contribution in [2.75, 3.05) is 19.1 Å². The van der Waals surface area contributed by atoms with Gasteiger partial charge in [-0.3, -0.25) is 0 Å². The van der Waals surface area contributed by atoms with Crippen LogP contribution in [0.3, 0.4) is 0 Å². The quantitative estimate of drug-likeness (QED) is 0.880. The Bertz CT molecular complexity index is 759. The number of imidazole rings is 1. The number of rotatable bonds is 4. The van der Waals surface area contributed by atoms with Crippen molar-refractivity contribution in [1.82, 2.24) is 9.55 Å². The Labute approximate surface area is 117 Å². The van der Waals surface area contributed by atoms with Crippen LogP contribution in [0.25, 0.3) is 11.0 Å². The van der Waals surface area contributed by atoms with Gasteiger partial charge >= 0.3 is 0 Å². The fourth-order valence-electron chi connectivity index (χ4n) is 2.24. The molecule has 1 unspecified atom stereocenters. The molecule has 0 spiro atoms. The van der Waals surface area contributed by atoms with Gasteiger partial charge in [-0.15, -0.1) is 0 Å². The lowest BCUT2D eigenvalue weighted by molar-refractivity contribution is 0.419. The lowest BCUT2D eigenvalue weighted by atomic mass is 10.2. The molecule has 0 aliphatic heterocycles. The minimum absolute atomic E-state index is 0.0471. The Balaban J connectivity index is 2.61. The predicted molar refractivity (Wildman–Crippen MR) is 78.1 cm³/mol. The van der Waals surface area contributed by atoms with Crippen molar-refractivity contribution in [3.8, 4) is 5.75 Å². The van der Waals surface area contributed by atoms with Gasteiger partial charge in [-0.25, -0.2) is 8.42 Å². The third-order valence-electron chi connectivity index (χ3n) is 2.92. The maximum absolute atomic E-state index is 11.4. The van der Waals surface area contributed by atoms with Gasteiger partial charge in [-0.1, -0.05) is 6.07 Å². The van der Waals surface area contributed by atoms with Crippen LogP contribution in [0.15, 0.2) is 18.2 Å². The monoisotopic (exact) mass is 300 g/mol. The van der Waals surface area contributed by atoms with Crippen molar-refractivity contribution in [3.63, 3.8) is 0 Å². The van der Waals surface area contributed by atoms with Gasteiger partial charge in [0.2, 0.25) is 0 Å². The number of aromatic amines is 1. The molecule has 1 atom stereocenters. The number of nitrogens with one attached hydrogen (secondary N) is 1. The number of ether oxygens (including phenoxy) is 1. The molecule has 0 radical (unpaired) electrons. The zero-order valence-electron chi connectivity index (χ0n) is 11.0. The first-order valence-electron chi connectivity index (χ1n) is 5.78. The van der Waals surface area contributed by atoms with E-state index in [0.717, 1.165) is 11.0 Å².